The third-order valence-electron chi connectivity index (χ3n) is 5.23. The van der Waals surface area contributed by atoms with E-state index in [2.05, 4.69) is 28.9 Å². The molecule has 0 radical (unpaired) electrons. The van der Waals surface area contributed by atoms with Gasteiger partial charge in [0, 0.05) is 26.2 Å². The zero-order valence-corrected chi connectivity index (χ0v) is 18.3. The summed E-state index contributed by atoms with van der Waals surface area (Å²) in [4.78, 5) is 27.0. The van der Waals surface area contributed by atoms with Crippen molar-refractivity contribution in [3.63, 3.8) is 0 Å². The number of aromatic nitrogens is 2. The predicted octanol–water partition coefficient (Wildman–Crippen LogP) is 4.19. The Kier molecular flexibility index (Phi) is 5.47. The van der Waals surface area contributed by atoms with E-state index in [1.165, 1.54) is 16.9 Å². The molecule has 6 nitrogen and oxygen atoms in total. The normalized spacial score (nSPS) is 15.1. The highest BCUT2D eigenvalue weighted by molar-refractivity contribution is 7.23. The molecule has 1 aliphatic rings. The minimum Gasteiger partial charge on any atom is -0.379 e. The topological polar surface area (TPSA) is 58.6 Å². The van der Waals surface area contributed by atoms with E-state index < -0.39 is 0 Å². The lowest BCUT2D eigenvalue weighted by molar-refractivity contribution is 0.0391. The number of ether oxygens (including phenoxy) is 1. The van der Waals surface area contributed by atoms with Crippen LogP contribution in [0.1, 0.15) is 15.4 Å². The number of aryl methyl sites for hydroxylation is 1. The fraction of sp³-hybridized carbons (Fsp3) is 0.318. The number of morpholine rings is 1. The highest BCUT2D eigenvalue weighted by Gasteiger charge is 2.25. The van der Waals surface area contributed by atoms with Crippen LogP contribution in [0.15, 0.2) is 42.5 Å². The molecule has 1 fully saturated rings. The predicted molar refractivity (Wildman–Crippen MR) is 123 cm³/mol. The van der Waals surface area contributed by atoms with Crippen LogP contribution in [0, 0.1) is 6.92 Å². The number of fused-ring (bicyclic) bond motifs is 2. The lowest BCUT2D eigenvalue weighted by Crippen LogP contribution is -2.43. The molecule has 1 saturated heterocycles. The minimum absolute atomic E-state index is 0.0831. The molecule has 0 N–H and O–H groups in total. The number of benzene rings is 2. The number of amides is 1. The van der Waals surface area contributed by atoms with Crippen LogP contribution in [-0.2, 0) is 4.74 Å². The van der Waals surface area contributed by atoms with Gasteiger partial charge in [-0.2, -0.15) is 0 Å². The smallest absolute Gasteiger partial charge is 0.289 e. The number of anilines is 1. The minimum atomic E-state index is -0.0831. The zero-order chi connectivity index (χ0) is 20.5. The molecular formula is C22H22N4O2S2. The summed E-state index contributed by atoms with van der Waals surface area (Å²) >= 11 is 3.00. The number of thiazole rings is 2. The van der Waals surface area contributed by atoms with Gasteiger partial charge in [0.2, 0.25) is 0 Å². The van der Waals surface area contributed by atoms with E-state index in [4.69, 9.17) is 9.72 Å². The average molecular weight is 439 g/mol. The van der Waals surface area contributed by atoms with Crippen molar-refractivity contribution >= 4 is 54.1 Å². The standard InChI is InChI=1S/C22H22N4O2S2/c1-15-6-7-17-19(14-15)30-22(24-17)26(9-8-25-10-12-28-13-11-25)21(27)20-23-16-4-2-3-5-18(16)29-20/h2-7,14H,8-13H2,1H3. The largest absolute Gasteiger partial charge is 0.379 e. The van der Waals surface area contributed by atoms with Crippen LogP contribution < -0.4 is 4.90 Å². The molecule has 0 aliphatic carbocycles. The van der Waals surface area contributed by atoms with Crippen LogP contribution in [-0.4, -0.2) is 60.2 Å². The van der Waals surface area contributed by atoms with Crippen molar-refractivity contribution in [3.8, 4) is 0 Å². The fourth-order valence-electron chi connectivity index (χ4n) is 3.56. The number of carbonyl (C=O) groups is 1. The maximum atomic E-state index is 13.5. The Morgan fingerprint density at radius 1 is 1.07 bits per heavy atom. The third kappa shape index (κ3) is 3.96. The lowest BCUT2D eigenvalue weighted by Gasteiger charge is -2.28. The maximum Gasteiger partial charge on any atom is 0.289 e. The third-order valence-corrected chi connectivity index (χ3v) is 7.29. The van der Waals surface area contributed by atoms with Gasteiger partial charge in [-0.05, 0) is 36.8 Å². The molecule has 0 saturated carbocycles. The van der Waals surface area contributed by atoms with Crippen molar-refractivity contribution in [1.82, 2.24) is 14.9 Å². The van der Waals surface area contributed by atoms with Crippen molar-refractivity contribution < 1.29 is 9.53 Å². The summed E-state index contributed by atoms with van der Waals surface area (Å²) in [5.74, 6) is -0.0831. The van der Waals surface area contributed by atoms with Gasteiger partial charge < -0.3 is 4.74 Å². The first-order chi connectivity index (χ1) is 14.7. The number of nitrogens with zero attached hydrogens (tertiary/aromatic N) is 4. The maximum absolute atomic E-state index is 13.5. The Balaban J connectivity index is 1.47. The molecule has 2 aromatic heterocycles. The molecule has 1 aliphatic heterocycles. The summed E-state index contributed by atoms with van der Waals surface area (Å²) in [5.41, 5.74) is 2.98. The van der Waals surface area contributed by atoms with E-state index in [1.54, 1.807) is 16.2 Å². The molecule has 3 heterocycles. The van der Waals surface area contributed by atoms with Crippen LogP contribution in [0.25, 0.3) is 20.4 Å². The fourth-order valence-corrected chi connectivity index (χ4v) is 5.57. The van der Waals surface area contributed by atoms with E-state index in [1.807, 2.05) is 30.3 Å². The first-order valence-electron chi connectivity index (χ1n) is 10.0. The summed E-state index contributed by atoms with van der Waals surface area (Å²) in [6.45, 7) is 6.70. The number of carbonyl (C=O) groups excluding carboxylic acids is 1. The molecule has 154 valence electrons. The van der Waals surface area contributed by atoms with E-state index in [-0.39, 0.29) is 5.91 Å². The Bertz CT molecular complexity index is 1160. The summed E-state index contributed by atoms with van der Waals surface area (Å²) in [7, 11) is 0. The Morgan fingerprint density at radius 2 is 1.87 bits per heavy atom. The SMILES string of the molecule is Cc1ccc2nc(N(CCN3CCOCC3)C(=O)c3nc4ccccc4s3)sc2c1. The summed E-state index contributed by atoms with van der Waals surface area (Å²) in [6.07, 6.45) is 0. The van der Waals surface area contributed by atoms with E-state index in [9.17, 15) is 4.79 Å². The molecule has 4 aromatic rings. The van der Waals surface area contributed by atoms with Crippen LogP contribution >= 0.6 is 22.7 Å². The van der Waals surface area contributed by atoms with Crippen molar-refractivity contribution in [2.45, 2.75) is 6.92 Å². The van der Waals surface area contributed by atoms with Gasteiger partial charge in [0.25, 0.3) is 5.91 Å². The van der Waals surface area contributed by atoms with Crippen LogP contribution in [0.2, 0.25) is 0 Å². The van der Waals surface area contributed by atoms with Crippen LogP contribution in [0.3, 0.4) is 0 Å². The summed E-state index contributed by atoms with van der Waals surface area (Å²) < 4.78 is 7.57. The van der Waals surface area contributed by atoms with Gasteiger partial charge >= 0.3 is 0 Å². The molecule has 8 heteroatoms. The molecule has 0 unspecified atom stereocenters. The second-order valence-corrected chi connectivity index (χ2v) is 9.40. The van der Waals surface area contributed by atoms with E-state index in [0.29, 0.717) is 11.6 Å². The van der Waals surface area contributed by atoms with Crippen molar-refractivity contribution in [1.29, 1.82) is 0 Å². The molecule has 0 bridgehead atoms. The van der Waals surface area contributed by atoms with Gasteiger partial charge in [-0.25, -0.2) is 9.97 Å². The second kappa shape index (κ2) is 8.39. The van der Waals surface area contributed by atoms with Crippen molar-refractivity contribution in [3.05, 3.63) is 53.0 Å². The number of para-hydroxylation sites is 1. The number of rotatable bonds is 5. The first-order valence-corrected chi connectivity index (χ1v) is 11.7. The molecule has 0 spiro atoms. The Labute approximate surface area is 182 Å². The quantitative estimate of drug-likeness (QED) is 0.468. The second-order valence-electron chi connectivity index (χ2n) is 7.37. The highest BCUT2D eigenvalue weighted by atomic mass is 32.1. The van der Waals surface area contributed by atoms with Gasteiger partial charge in [-0.3, -0.25) is 14.6 Å². The molecule has 2 aromatic carbocycles. The van der Waals surface area contributed by atoms with Gasteiger partial charge in [0.15, 0.2) is 10.1 Å². The lowest BCUT2D eigenvalue weighted by atomic mass is 10.2. The Morgan fingerprint density at radius 3 is 2.70 bits per heavy atom. The highest BCUT2D eigenvalue weighted by Crippen LogP contribution is 2.31. The number of hydrogen-bond donors (Lipinski definition) is 0. The van der Waals surface area contributed by atoms with Crippen LogP contribution in [0.5, 0.6) is 0 Å². The van der Waals surface area contributed by atoms with E-state index >= 15 is 0 Å². The monoisotopic (exact) mass is 438 g/mol. The summed E-state index contributed by atoms with van der Waals surface area (Å²) in [6, 6.07) is 14.1. The zero-order valence-electron chi connectivity index (χ0n) is 16.7. The molecule has 5 rings (SSSR count). The van der Waals surface area contributed by atoms with Crippen molar-refractivity contribution in [2.75, 3.05) is 44.3 Å². The Hall–Kier alpha value is -2.39. The first kappa shape index (κ1) is 19.6. The van der Waals surface area contributed by atoms with E-state index in [0.717, 1.165) is 58.4 Å². The molecule has 1 amide bonds. The van der Waals surface area contributed by atoms with Gasteiger partial charge in [-0.1, -0.05) is 29.5 Å². The number of hydrogen-bond acceptors (Lipinski definition) is 7. The van der Waals surface area contributed by atoms with Crippen LogP contribution in [0.4, 0.5) is 5.13 Å². The van der Waals surface area contributed by atoms with Crippen molar-refractivity contribution in [2.24, 2.45) is 0 Å². The van der Waals surface area contributed by atoms with Gasteiger partial charge in [0.05, 0.1) is 33.6 Å². The van der Waals surface area contributed by atoms with Gasteiger partial charge in [-0.15, -0.1) is 11.3 Å². The molecule has 0 atom stereocenters. The average Bonchev–Trinajstić information content (AvgIpc) is 3.38. The molecule has 30 heavy (non-hydrogen) atoms. The summed E-state index contributed by atoms with van der Waals surface area (Å²) in [5, 5.41) is 1.24. The molecular weight excluding hydrogens is 416 g/mol. The van der Waals surface area contributed by atoms with Gasteiger partial charge in [0.1, 0.15) is 0 Å².